The van der Waals surface area contributed by atoms with Crippen LogP contribution in [0.5, 0.6) is 0 Å². The molecule has 1 aromatic carbocycles. The average molecular weight is 277 g/mol. The van der Waals surface area contributed by atoms with Crippen LogP contribution in [0, 0.1) is 5.41 Å². The monoisotopic (exact) mass is 277 g/mol. The molecule has 0 radical (unpaired) electrons. The molecule has 0 aliphatic heterocycles. The van der Waals surface area contributed by atoms with Gasteiger partial charge in [-0.15, -0.1) is 0 Å². The molecule has 0 fully saturated rings. The highest BCUT2D eigenvalue weighted by Crippen LogP contribution is 2.16. The maximum atomic E-state index is 12.3. The van der Waals surface area contributed by atoms with E-state index in [1.165, 1.54) is 0 Å². The Morgan fingerprint density at radius 2 is 1.85 bits per heavy atom. The summed E-state index contributed by atoms with van der Waals surface area (Å²) in [4.78, 5) is 16.2. The van der Waals surface area contributed by atoms with E-state index in [4.69, 9.17) is 5.73 Å². The third-order valence-corrected chi connectivity index (χ3v) is 3.53. The van der Waals surface area contributed by atoms with Gasteiger partial charge in [-0.2, -0.15) is 0 Å². The van der Waals surface area contributed by atoms with Gasteiger partial charge >= 0.3 is 0 Å². The van der Waals surface area contributed by atoms with E-state index in [9.17, 15) is 4.79 Å². The highest BCUT2D eigenvalue weighted by atomic mass is 16.2. The van der Waals surface area contributed by atoms with E-state index in [1.807, 2.05) is 37.4 Å². The van der Waals surface area contributed by atoms with Crippen molar-refractivity contribution in [3.63, 3.8) is 0 Å². The zero-order valence-corrected chi connectivity index (χ0v) is 13.1. The minimum Gasteiger partial charge on any atom is -0.330 e. The molecule has 0 heterocycles. The van der Waals surface area contributed by atoms with Gasteiger partial charge in [0.15, 0.2) is 0 Å². The quantitative estimate of drug-likeness (QED) is 0.829. The van der Waals surface area contributed by atoms with Crippen molar-refractivity contribution in [3.8, 4) is 0 Å². The normalized spacial score (nSPS) is 11.7. The predicted octanol–water partition coefficient (Wildman–Crippen LogP) is 1.96. The molecule has 0 saturated heterocycles. The minimum atomic E-state index is 0.0294. The van der Waals surface area contributed by atoms with Gasteiger partial charge in [-0.1, -0.05) is 39.0 Å². The first-order valence-corrected chi connectivity index (χ1v) is 7.13. The first kappa shape index (κ1) is 16.7. The van der Waals surface area contributed by atoms with E-state index in [0.717, 1.165) is 18.8 Å². The number of hydrogen-bond acceptors (Lipinski definition) is 3. The number of carbonyl (C=O) groups excluding carboxylic acids is 1. The summed E-state index contributed by atoms with van der Waals surface area (Å²) in [6.45, 7) is 9.04. The maximum Gasteiger partial charge on any atom is 0.240 e. The number of hydrogen-bond donors (Lipinski definition) is 1. The first-order chi connectivity index (χ1) is 9.39. The van der Waals surface area contributed by atoms with Crippen LogP contribution >= 0.6 is 0 Å². The smallest absolute Gasteiger partial charge is 0.240 e. The summed E-state index contributed by atoms with van der Waals surface area (Å²) >= 11 is 0. The second-order valence-electron chi connectivity index (χ2n) is 5.96. The Labute approximate surface area is 122 Å². The van der Waals surface area contributed by atoms with Crippen molar-refractivity contribution >= 4 is 11.6 Å². The Morgan fingerprint density at radius 3 is 2.35 bits per heavy atom. The fraction of sp³-hybridized carbons (Fsp3) is 0.562. The van der Waals surface area contributed by atoms with Crippen LogP contribution in [-0.2, 0) is 4.79 Å². The Balaban J connectivity index is 2.64. The van der Waals surface area contributed by atoms with Gasteiger partial charge in [0.1, 0.15) is 0 Å². The number of nitrogens with zero attached hydrogens (tertiary/aromatic N) is 2. The molecule has 1 aromatic rings. The zero-order valence-electron chi connectivity index (χ0n) is 13.1. The van der Waals surface area contributed by atoms with E-state index >= 15 is 0 Å². The second kappa shape index (κ2) is 7.41. The maximum absolute atomic E-state index is 12.3. The molecular formula is C16H27N3O. The topological polar surface area (TPSA) is 49.6 Å². The zero-order chi connectivity index (χ0) is 15.2. The van der Waals surface area contributed by atoms with Crippen molar-refractivity contribution < 1.29 is 4.79 Å². The summed E-state index contributed by atoms with van der Waals surface area (Å²) in [6.07, 6.45) is 0. The summed E-state index contributed by atoms with van der Waals surface area (Å²) in [5.74, 6) is 0.103. The highest BCUT2D eigenvalue weighted by molar-refractivity contribution is 5.94. The van der Waals surface area contributed by atoms with Crippen LogP contribution in [0.25, 0.3) is 0 Å². The van der Waals surface area contributed by atoms with Gasteiger partial charge in [0.2, 0.25) is 5.91 Å². The van der Waals surface area contributed by atoms with E-state index in [-0.39, 0.29) is 11.3 Å². The predicted molar refractivity (Wildman–Crippen MR) is 84.8 cm³/mol. The van der Waals surface area contributed by atoms with E-state index in [2.05, 4.69) is 25.7 Å². The van der Waals surface area contributed by atoms with E-state index < -0.39 is 0 Å². The van der Waals surface area contributed by atoms with Crippen LogP contribution in [0.2, 0.25) is 0 Å². The number of anilines is 1. The van der Waals surface area contributed by atoms with Crippen LogP contribution in [0.3, 0.4) is 0 Å². The van der Waals surface area contributed by atoms with Crippen molar-refractivity contribution in [1.29, 1.82) is 0 Å². The first-order valence-electron chi connectivity index (χ1n) is 7.13. The molecule has 20 heavy (non-hydrogen) atoms. The molecule has 0 spiro atoms. The van der Waals surface area contributed by atoms with Crippen molar-refractivity contribution in [2.45, 2.75) is 20.8 Å². The Bertz CT molecular complexity index is 417. The molecule has 0 bridgehead atoms. The number of amides is 1. The molecule has 0 aliphatic carbocycles. The molecule has 0 unspecified atom stereocenters. The van der Waals surface area contributed by atoms with Crippen molar-refractivity contribution in [3.05, 3.63) is 30.3 Å². The molecule has 0 saturated carbocycles. The van der Waals surface area contributed by atoms with Gasteiger partial charge in [0.25, 0.3) is 0 Å². The van der Waals surface area contributed by atoms with Gasteiger partial charge < -0.3 is 10.6 Å². The second-order valence-corrected chi connectivity index (χ2v) is 5.96. The molecule has 4 nitrogen and oxygen atoms in total. The number of nitrogens with two attached hydrogens (primary N) is 1. The number of likely N-dealkylation sites (N-methyl/N-ethyl adjacent to an activating group) is 2. The van der Waals surface area contributed by atoms with Crippen LogP contribution in [0.4, 0.5) is 5.69 Å². The third-order valence-electron chi connectivity index (χ3n) is 3.53. The van der Waals surface area contributed by atoms with Crippen molar-refractivity contribution in [1.82, 2.24) is 4.90 Å². The molecule has 2 N–H and O–H groups in total. The fourth-order valence-corrected chi connectivity index (χ4v) is 2.04. The standard InChI is InChI=1S/C16H27N3O/c1-5-19(13-16(2,3)12-17)11-15(20)18(4)14-9-7-6-8-10-14/h6-10H,5,11-13,17H2,1-4H3. The molecule has 0 aliphatic rings. The van der Waals surface area contributed by atoms with Crippen molar-refractivity contribution in [2.24, 2.45) is 11.1 Å². The number of carbonyl (C=O) groups is 1. The van der Waals surface area contributed by atoms with Gasteiger partial charge in [-0.05, 0) is 30.6 Å². The number of benzene rings is 1. The summed E-state index contributed by atoms with van der Waals surface area (Å²) in [5.41, 5.74) is 6.72. The lowest BCUT2D eigenvalue weighted by Gasteiger charge is -2.31. The van der Waals surface area contributed by atoms with E-state index in [1.54, 1.807) is 4.90 Å². The van der Waals surface area contributed by atoms with Crippen LogP contribution in [0.15, 0.2) is 30.3 Å². The molecule has 0 atom stereocenters. The summed E-state index contributed by atoms with van der Waals surface area (Å²) < 4.78 is 0. The van der Waals surface area contributed by atoms with Crippen LogP contribution in [-0.4, -0.2) is 44.0 Å². The molecule has 1 rings (SSSR count). The third kappa shape index (κ3) is 4.94. The molecule has 112 valence electrons. The fourth-order valence-electron chi connectivity index (χ4n) is 2.04. The summed E-state index contributed by atoms with van der Waals surface area (Å²) in [7, 11) is 1.82. The summed E-state index contributed by atoms with van der Waals surface area (Å²) in [5, 5.41) is 0. The average Bonchev–Trinajstić information content (AvgIpc) is 2.46. The Kier molecular flexibility index (Phi) is 6.17. The highest BCUT2D eigenvalue weighted by Gasteiger charge is 2.22. The number of para-hydroxylation sites is 1. The SMILES string of the molecule is CCN(CC(=O)N(C)c1ccccc1)CC(C)(C)CN. The van der Waals surface area contributed by atoms with Crippen LogP contribution in [0.1, 0.15) is 20.8 Å². The minimum absolute atomic E-state index is 0.0294. The Morgan fingerprint density at radius 1 is 1.25 bits per heavy atom. The lowest BCUT2D eigenvalue weighted by atomic mass is 9.93. The molecule has 1 amide bonds. The van der Waals surface area contributed by atoms with Gasteiger partial charge in [-0.3, -0.25) is 9.69 Å². The van der Waals surface area contributed by atoms with Gasteiger partial charge in [0, 0.05) is 19.3 Å². The molecular weight excluding hydrogens is 250 g/mol. The Hall–Kier alpha value is -1.39. The number of rotatable bonds is 7. The van der Waals surface area contributed by atoms with E-state index in [0.29, 0.717) is 13.1 Å². The molecule has 0 aromatic heterocycles. The largest absolute Gasteiger partial charge is 0.330 e. The molecule has 4 heteroatoms. The lowest BCUT2D eigenvalue weighted by molar-refractivity contribution is -0.119. The van der Waals surface area contributed by atoms with Crippen molar-refractivity contribution in [2.75, 3.05) is 38.1 Å². The van der Waals surface area contributed by atoms with Gasteiger partial charge in [-0.25, -0.2) is 0 Å². The van der Waals surface area contributed by atoms with Gasteiger partial charge in [0.05, 0.1) is 6.54 Å². The summed E-state index contributed by atoms with van der Waals surface area (Å²) in [6, 6.07) is 9.71. The van der Waals surface area contributed by atoms with Crippen LogP contribution < -0.4 is 10.6 Å². The lowest BCUT2D eigenvalue weighted by Crippen LogP contribution is -2.44.